The smallest absolute Gasteiger partial charge is 0.225 e. The third kappa shape index (κ3) is 5.76. The molecule has 4 unspecified atom stereocenters. The Morgan fingerprint density at radius 2 is 1.89 bits per heavy atom. The monoisotopic (exact) mass is 287 g/mol. The van der Waals surface area contributed by atoms with Crippen LogP contribution in [0.2, 0.25) is 0 Å². The number of hydrogen-bond donors (Lipinski definition) is 1. The molecule has 0 aliphatic heterocycles. The van der Waals surface area contributed by atoms with E-state index in [0.29, 0.717) is 23.1 Å². The summed E-state index contributed by atoms with van der Waals surface area (Å²) < 4.78 is 0. The molecule has 1 aliphatic rings. The minimum atomic E-state index is 0.102. The Morgan fingerprint density at radius 3 is 2.37 bits per heavy atom. The fraction of sp³-hybridized carbons (Fsp3) is 0.938. The maximum Gasteiger partial charge on any atom is 0.225 e. The van der Waals surface area contributed by atoms with Crippen LogP contribution in [0, 0.1) is 11.8 Å². The predicted octanol–water partition coefficient (Wildman–Crippen LogP) is 4.39. The van der Waals surface area contributed by atoms with Crippen molar-refractivity contribution in [3.05, 3.63) is 0 Å². The lowest BCUT2D eigenvalue weighted by atomic mass is 9.97. The first-order chi connectivity index (χ1) is 8.97. The van der Waals surface area contributed by atoms with Crippen LogP contribution in [0.1, 0.15) is 66.7 Å². The lowest BCUT2D eigenvalue weighted by Gasteiger charge is -2.31. The van der Waals surface area contributed by atoms with Crippen molar-refractivity contribution in [1.82, 2.24) is 4.90 Å². The van der Waals surface area contributed by atoms with Crippen LogP contribution in [0.25, 0.3) is 0 Å². The van der Waals surface area contributed by atoms with Crippen molar-refractivity contribution in [2.24, 2.45) is 11.8 Å². The van der Waals surface area contributed by atoms with Crippen LogP contribution in [-0.4, -0.2) is 29.1 Å². The van der Waals surface area contributed by atoms with Crippen molar-refractivity contribution in [2.45, 2.75) is 78.0 Å². The molecule has 0 saturated heterocycles. The third-order valence-electron chi connectivity index (χ3n) is 4.10. The summed E-state index contributed by atoms with van der Waals surface area (Å²) in [5, 5.41) is 0.299. The minimum absolute atomic E-state index is 0.102. The first kappa shape index (κ1) is 18.8. The summed E-state index contributed by atoms with van der Waals surface area (Å²) in [6.45, 7) is 10.3. The van der Waals surface area contributed by atoms with Crippen LogP contribution in [0.4, 0.5) is 0 Å². The van der Waals surface area contributed by atoms with Gasteiger partial charge in [-0.05, 0) is 30.4 Å². The van der Waals surface area contributed by atoms with Gasteiger partial charge in [-0.15, -0.1) is 0 Å². The van der Waals surface area contributed by atoms with E-state index in [9.17, 15) is 4.79 Å². The van der Waals surface area contributed by atoms with Crippen LogP contribution < -0.4 is 0 Å². The summed E-state index contributed by atoms with van der Waals surface area (Å²) in [4.78, 5) is 14.3. The maximum atomic E-state index is 12.3. The van der Waals surface area contributed by atoms with Gasteiger partial charge >= 0.3 is 0 Å². The maximum absolute atomic E-state index is 12.3. The summed E-state index contributed by atoms with van der Waals surface area (Å²) in [6.07, 6.45) is 5.81. The van der Waals surface area contributed by atoms with E-state index in [4.69, 9.17) is 0 Å². The van der Waals surface area contributed by atoms with Crippen molar-refractivity contribution in [1.29, 1.82) is 0 Å². The lowest BCUT2D eigenvalue weighted by molar-refractivity contribution is -0.136. The Hall–Kier alpha value is -0.180. The summed E-state index contributed by atoms with van der Waals surface area (Å²) in [7, 11) is 1.99. The molecular weight excluding hydrogens is 254 g/mol. The standard InChI is InChI=1S/C14H27NOS.C2H6/c1-5-12-7-6-8-13(12)15(4)14(16)10(2)9-11(3)17;1-2/h10-13,17H,5-9H2,1-4H3;1-2H3. The van der Waals surface area contributed by atoms with Crippen LogP contribution in [0.15, 0.2) is 0 Å². The van der Waals surface area contributed by atoms with Gasteiger partial charge in [0.2, 0.25) is 5.91 Å². The topological polar surface area (TPSA) is 20.3 Å². The van der Waals surface area contributed by atoms with Gasteiger partial charge in [0.1, 0.15) is 0 Å². The van der Waals surface area contributed by atoms with Gasteiger partial charge in [0.05, 0.1) is 0 Å². The molecule has 4 atom stereocenters. The van der Waals surface area contributed by atoms with E-state index in [2.05, 4.69) is 26.5 Å². The van der Waals surface area contributed by atoms with Gasteiger partial charge in [-0.25, -0.2) is 0 Å². The number of carbonyl (C=O) groups is 1. The highest BCUT2D eigenvalue weighted by atomic mass is 32.1. The zero-order chi connectivity index (χ0) is 15.0. The van der Waals surface area contributed by atoms with Gasteiger partial charge in [-0.3, -0.25) is 4.79 Å². The SMILES string of the molecule is CC.CCC1CCCC1N(C)C(=O)C(C)CC(C)S. The van der Waals surface area contributed by atoms with Crippen LogP contribution in [-0.2, 0) is 4.79 Å². The Kier molecular flexibility index (Phi) is 9.59. The average Bonchev–Trinajstić information content (AvgIpc) is 2.86. The van der Waals surface area contributed by atoms with Crippen LogP contribution >= 0.6 is 12.6 Å². The first-order valence-electron chi connectivity index (χ1n) is 7.92. The molecule has 1 aliphatic carbocycles. The molecule has 0 aromatic carbocycles. The number of thiol groups is 1. The number of hydrogen-bond acceptors (Lipinski definition) is 2. The highest BCUT2D eigenvalue weighted by Crippen LogP contribution is 2.32. The molecule has 2 nitrogen and oxygen atoms in total. The molecule has 0 heterocycles. The Labute approximate surface area is 125 Å². The van der Waals surface area contributed by atoms with Gasteiger partial charge in [-0.1, -0.05) is 47.5 Å². The highest BCUT2D eigenvalue weighted by Gasteiger charge is 2.32. The van der Waals surface area contributed by atoms with Crippen molar-refractivity contribution in [3.63, 3.8) is 0 Å². The second-order valence-corrected chi connectivity index (χ2v) is 6.48. The molecule has 1 saturated carbocycles. The number of amides is 1. The lowest BCUT2D eigenvalue weighted by Crippen LogP contribution is -2.42. The van der Waals surface area contributed by atoms with Gasteiger partial charge in [-0.2, -0.15) is 12.6 Å². The predicted molar refractivity (Wildman–Crippen MR) is 87.8 cm³/mol. The Balaban J connectivity index is 0.00000154. The van der Waals surface area contributed by atoms with E-state index >= 15 is 0 Å². The van der Waals surface area contributed by atoms with Gasteiger partial charge < -0.3 is 4.90 Å². The zero-order valence-electron chi connectivity index (χ0n) is 13.6. The molecule has 0 bridgehead atoms. The van der Waals surface area contributed by atoms with Crippen LogP contribution in [0.5, 0.6) is 0 Å². The van der Waals surface area contributed by atoms with E-state index in [0.717, 1.165) is 6.42 Å². The zero-order valence-corrected chi connectivity index (χ0v) is 14.5. The molecular formula is C16H33NOS. The van der Waals surface area contributed by atoms with E-state index in [1.54, 1.807) is 0 Å². The molecule has 0 aromatic rings. The van der Waals surface area contributed by atoms with Gasteiger partial charge in [0.25, 0.3) is 0 Å². The normalized spacial score (nSPS) is 25.2. The van der Waals surface area contributed by atoms with Gasteiger partial charge in [0, 0.05) is 19.0 Å². The molecule has 1 fully saturated rings. The summed E-state index contributed by atoms with van der Waals surface area (Å²) in [5.74, 6) is 1.12. The Morgan fingerprint density at radius 1 is 1.32 bits per heavy atom. The molecule has 0 aromatic heterocycles. The molecule has 1 rings (SSSR count). The highest BCUT2D eigenvalue weighted by molar-refractivity contribution is 7.80. The second-order valence-electron chi connectivity index (χ2n) is 5.60. The first-order valence-corrected chi connectivity index (χ1v) is 8.43. The largest absolute Gasteiger partial charge is 0.342 e. The summed E-state index contributed by atoms with van der Waals surface area (Å²) in [6, 6.07) is 0.477. The van der Waals surface area contributed by atoms with Crippen molar-refractivity contribution in [3.8, 4) is 0 Å². The molecule has 3 heteroatoms. The number of carbonyl (C=O) groups excluding carboxylic acids is 1. The average molecular weight is 288 g/mol. The summed E-state index contributed by atoms with van der Waals surface area (Å²) in [5.41, 5.74) is 0. The molecule has 114 valence electrons. The number of nitrogens with zero attached hydrogens (tertiary/aromatic N) is 1. The van der Waals surface area contributed by atoms with E-state index in [1.807, 2.05) is 32.7 Å². The van der Waals surface area contributed by atoms with Crippen molar-refractivity contribution < 1.29 is 4.79 Å². The molecule has 0 N–H and O–H groups in total. The Bertz CT molecular complexity index is 255. The van der Waals surface area contributed by atoms with Crippen LogP contribution in [0.3, 0.4) is 0 Å². The quantitative estimate of drug-likeness (QED) is 0.743. The van der Waals surface area contributed by atoms with Crippen molar-refractivity contribution in [2.75, 3.05) is 7.05 Å². The molecule has 0 spiro atoms. The second kappa shape index (κ2) is 9.68. The summed E-state index contributed by atoms with van der Waals surface area (Å²) >= 11 is 4.38. The molecule has 0 radical (unpaired) electrons. The van der Waals surface area contributed by atoms with E-state index in [1.165, 1.54) is 25.7 Å². The van der Waals surface area contributed by atoms with E-state index < -0.39 is 0 Å². The fourth-order valence-electron chi connectivity index (χ4n) is 3.13. The molecule has 1 amide bonds. The third-order valence-corrected chi connectivity index (χ3v) is 4.32. The van der Waals surface area contributed by atoms with Crippen molar-refractivity contribution >= 4 is 18.5 Å². The molecule has 19 heavy (non-hydrogen) atoms. The number of rotatable bonds is 5. The van der Waals surface area contributed by atoms with E-state index in [-0.39, 0.29) is 5.92 Å². The van der Waals surface area contributed by atoms with Gasteiger partial charge in [0.15, 0.2) is 0 Å². The minimum Gasteiger partial charge on any atom is -0.342 e. The fourth-order valence-corrected chi connectivity index (χ4v) is 3.44.